The van der Waals surface area contributed by atoms with Crippen LogP contribution in [0.25, 0.3) is 10.9 Å². The highest BCUT2D eigenvalue weighted by Crippen LogP contribution is 2.28. The summed E-state index contributed by atoms with van der Waals surface area (Å²) in [5.41, 5.74) is 2.22. The molecule has 30 heavy (non-hydrogen) atoms. The van der Waals surface area contributed by atoms with Crippen molar-refractivity contribution in [1.82, 2.24) is 4.57 Å². The molecule has 7 heteroatoms. The van der Waals surface area contributed by atoms with Crippen LogP contribution in [0.5, 0.6) is 5.75 Å². The molecule has 0 saturated heterocycles. The van der Waals surface area contributed by atoms with Crippen molar-refractivity contribution >= 4 is 28.8 Å². The zero-order valence-electron chi connectivity index (χ0n) is 17.4. The first-order chi connectivity index (χ1) is 14.6. The lowest BCUT2D eigenvalue weighted by molar-refractivity contribution is 0.0600. The Morgan fingerprint density at radius 3 is 2.60 bits per heavy atom. The lowest BCUT2D eigenvalue weighted by Crippen LogP contribution is -2.17. The second kappa shape index (κ2) is 9.82. The molecule has 0 radical (unpaired) electrons. The standard InChI is InChI=1S/C23H26N2O5/c1-4-5-12-30-23(27)24-21-14-16-8-6-7-9-19(16)25(21)15-18-11-10-17(22(26)29-3)13-20(18)28-2/h6-11,13-14H,4-5,12,15H2,1-3H3,(H,24,27). The van der Waals surface area contributed by atoms with Crippen molar-refractivity contribution in [3.05, 3.63) is 59.7 Å². The number of anilines is 1. The summed E-state index contributed by atoms with van der Waals surface area (Å²) in [5, 5.41) is 3.83. The highest BCUT2D eigenvalue weighted by Gasteiger charge is 2.16. The number of hydrogen-bond acceptors (Lipinski definition) is 5. The Labute approximate surface area is 175 Å². The molecule has 1 aromatic heterocycles. The van der Waals surface area contributed by atoms with E-state index in [-0.39, 0.29) is 0 Å². The molecule has 0 aliphatic heterocycles. The summed E-state index contributed by atoms with van der Waals surface area (Å²) in [6.07, 6.45) is 1.29. The second-order valence-corrected chi connectivity index (χ2v) is 6.81. The predicted octanol–water partition coefficient (Wildman–Crippen LogP) is 4.83. The van der Waals surface area contributed by atoms with Gasteiger partial charge in [-0.1, -0.05) is 37.6 Å². The van der Waals surface area contributed by atoms with E-state index in [4.69, 9.17) is 14.2 Å². The van der Waals surface area contributed by atoms with Gasteiger partial charge in [-0.3, -0.25) is 5.32 Å². The predicted molar refractivity (Wildman–Crippen MR) is 115 cm³/mol. The van der Waals surface area contributed by atoms with E-state index in [1.807, 2.05) is 47.9 Å². The third-order valence-electron chi connectivity index (χ3n) is 4.81. The van der Waals surface area contributed by atoms with Crippen LogP contribution in [-0.4, -0.2) is 37.5 Å². The summed E-state index contributed by atoms with van der Waals surface area (Å²) >= 11 is 0. The van der Waals surface area contributed by atoms with E-state index in [2.05, 4.69) is 5.32 Å². The number of amides is 1. The van der Waals surface area contributed by atoms with Crippen LogP contribution in [0.3, 0.4) is 0 Å². The van der Waals surface area contributed by atoms with Crippen LogP contribution in [-0.2, 0) is 16.0 Å². The Morgan fingerprint density at radius 1 is 1.07 bits per heavy atom. The van der Waals surface area contributed by atoms with E-state index in [9.17, 15) is 9.59 Å². The van der Waals surface area contributed by atoms with Crippen LogP contribution in [0.4, 0.5) is 10.6 Å². The van der Waals surface area contributed by atoms with Crippen molar-refractivity contribution in [2.24, 2.45) is 0 Å². The number of ether oxygens (including phenoxy) is 3. The number of fused-ring (bicyclic) bond motifs is 1. The molecule has 7 nitrogen and oxygen atoms in total. The van der Waals surface area contributed by atoms with Gasteiger partial charge in [-0.2, -0.15) is 0 Å². The summed E-state index contributed by atoms with van der Waals surface area (Å²) in [4.78, 5) is 24.0. The van der Waals surface area contributed by atoms with Crippen LogP contribution in [0.1, 0.15) is 35.7 Å². The number of para-hydroxylation sites is 1. The van der Waals surface area contributed by atoms with Gasteiger partial charge < -0.3 is 18.8 Å². The molecule has 3 rings (SSSR count). The Hall–Kier alpha value is -3.48. The van der Waals surface area contributed by atoms with Crippen LogP contribution in [0.15, 0.2) is 48.5 Å². The average Bonchev–Trinajstić information content (AvgIpc) is 3.10. The third kappa shape index (κ3) is 4.74. The van der Waals surface area contributed by atoms with Gasteiger partial charge in [-0.05, 0) is 30.7 Å². The number of unbranched alkanes of at least 4 members (excludes halogenated alkanes) is 1. The molecule has 3 aromatic rings. The Bertz CT molecular complexity index is 1040. The zero-order valence-corrected chi connectivity index (χ0v) is 17.4. The van der Waals surface area contributed by atoms with Gasteiger partial charge in [0.2, 0.25) is 0 Å². The van der Waals surface area contributed by atoms with Gasteiger partial charge in [0.05, 0.1) is 38.5 Å². The minimum Gasteiger partial charge on any atom is -0.496 e. The van der Waals surface area contributed by atoms with Gasteiger partial charge in [0.15, 0.2) is 0 Å². The first-order valence-corrected chi connectivity index (χ1v) is 9.84. The van der Waals surface area contributed by atoms with Gasteiger partial charge >= 0.3 is 12.1 Å². The zero-order chi connectivity index (χ0) is 21.5. The number of methoxy groups -OCH3 is 2. The summed E-state index contributed by atoms with van der Waals surface area (Å²) in [5.74, 6) is 0.757. The smallest absolute Gasteiger partial charge is 0.412 e. The fourth-order valence-corrected chi connectivity index (χ4v) is 3.22. The summed E-state index contributed by atoms with van der Waals surface area (Å²) in [7, 11) is 2.89. The van der Waals surface area contributed by atoms with Crippen molar-refractivity contribution in [1.29, 1.82) is 0 Å². The maximum absolute atomic E-state index is 12.2. The monoisotopic (exact) mass is 410 g/mol. The summed E-state index contributed by atoms with van der Waals surface area (Å²) in [6.45, 7) is 2.85. The third-order valence-corrected chi connectivity index (χ3v) is 4.81. The number of benzene rings is 2. The second-order valence-electron chi connectivity index (χ2n) is 6.81. The fourth-order valence-electron chi connectivity index (χ4n) is 3.22. The molecule has 158 valence electrons. The number of nitrogens with one attached hydrogen (secondary N) is 1. The Kier molecular flexibility index (Phi) is 6.95. The average molecular weight is 410 g/mol. The van der Waals surface area contributed by atoms with Gasteiger partial charge in [0, 0.05) is 10.9 Å². The Balaban J connectivity index is 1.93. The largest absolute Gasteiger partial charge is 0.496 e. The van der Waals surface area contributed by atoms with Gasteiger partial charge in [0.25, 0.3) is 0 Å². The molecule has 1 N–H and O–H groups in total. The molecule has 0 unspecified atom stereocenters. The summed E-state index contributed by atoms with van der Waals surface area (Å²) in [6, 6.07) is 14.9. The van der Waals surface area contributed by atoms with E-state index in [1.54, 1.807) is 19.2 Å². The molecule has 0 aliphatic carbocycles. The molecule has 0 aliphatic rings. The molecule has 1 heterocycles. The summed E-state index contributed by atoms with van der Waals surface area (Å²) < 4.78 is 17.5. The number of esters is 1. The van der Waals surface area contributed by atoms with Crippen LogP contribution in [0, 0.1) is 0 Å². The van der Waals surface area contributed by atoms with Gasteiger partial charge in [-0.15, -0.1) is 0 Å². The highest BCUT2D eigenvalue weighted by atomic mass is 16.5. The Morgan fingerprint density at radius 2 is 1.87 bits per heavy atom. The molecule has 0 fully saturated rings. The molecular formula is C23H26N2O5. The van der Waals surface area contributed by atoms with Crippen molar-refractivity contribution in [2.75, 3.05) is 26.1 Å². The lowest BCUT2D eigenvalue weighted by atomic mass is 10.1. The van der Waals surface area contributed by atoms with Crippen LogP contribution < -0.4 is 10.1 Å². The molecule has 0 saturated carbocycles. The van der Waals surface area contributed by atoms with Crippen LogP contribution in [0.2, 0.25) is 0 Å². The maximum atomic E-state index is 12.2. The van der Waals surface area contributed by atoms with Crippen molar-refractivity contribution in [3.8, 4) is 5.75 Å². The first-order valence-electron chi connectivity index (χ1n) is 9.84. The van der Waals surface area contributed by atoms with Crippen molar-refractivity contribution in [2.45, 2.75) is 26.3 Å². The minimum absolute atomic E-state index is 0.380. The normalized spacial score (nSPS) is 10.6. The molecular weight excluding hydrogens is 384 g/mol. The number of nitrogens with zero attached hydrogens (tertiary/aromatic N) is 1. The fraction of sp³-hybridized carbons (Fsp3) is 0.304. The van der Waals surface area contributed by atoms with Crippen molar-refractivity contribution in [3.63, 3.8) is 0 Å². The van der Waals surface area contributed by atoms with Crippen LogP contribution >= 0.6 is 0 Å². The van der Waals surface area contributed by atoms with E-state index in [0.717, 1.165) is 29.3 Å². The molecule has 1 amide bonds. The number of rotatable bonds is 8. The molecule has 0 bridgehead atoms. The topological polar surface area (TPSA) is 78.8 Å². The molecule has 2 aromatic carbocycles. The maximum Gasteiger partial charge on any atom is 0.412 e. The molecule has 0 spiro atoms. The van der Waals surface area contributed by atoms with E-state index in [1.165, 1.54) is 7.11 Å². The van der Waals surface area contributed by atoms with Gasteiger partial charge in [-0.25, -0.2) is 9.59 Å². The van der Waals surface area contributed by atoms with Gasteiger partial charge in [0.1, 0.15) is 11.6 Å². The quantitative estimate of drug-likeness (QED) is 0.425. The minimum atomic E-state index is -0.486. The number of carbonyl (C=O) groups is 2. The number of hydrogen-bond donors (Lipinski definition) is 1. The SMILES string of the molecule is CCCCOC(=O)Nc1cc2ccccc2n1Cc1ccc(C(=O)OC)cc1OC. The number of aromatic nitrogens is 1. The first kappa shape index (κ1) is 21.2. The molecule has 0 atom stereocenters. The van der Waals surface area contributed by atoms with E-state index < -0.39 is 12.1 Å². The van der Waals surface area contributed by atoms with E-state index >= 15 is 0 Å². The lowest BCUT2D eigenvalue weighted by Gasteiger charge is -2.15. The highest BCUT2D eigenvalue weighted by molar-refractivity contribution is 5.92. The van der Waals surface area contributed by atoms with Crippen molar-refractivity contribution < 1.29 is 23.8 Å². The van der Waals surface area contributed by atoms with E-state index in [0.29, 0.717) is 30.3 Å². The number of carbonyl (C=O) groups excluding carboxylic acids is 2.